The molecule has 2 nitrogen and oxygen atoms in total. The lowest BCUT2D eigenvalue weighted by atomic mass is 10.1. The first-order chi connectivity index (χ1) is 5.29. The first-order valence-electron chi connectivity index (χ1n) is 3.84. The second kappa shape index (κ2) is 2.16. The number of hydrogen-bond donors (Lipinski definition) is 2. The maximum Gasteiger partial charge on any atom is 0.123 e. The minimum Gasteiger partial charge on any atom is -0.507 e. The largest absolute Gasteiger partial charge is 0.507 e. The normalized spacial score (nSPS) is 14.3. The predicted octanol–water partition coefficient (Wildman–Crippen LogP) is 1.67. The third-order valence-corrected chi connectivity index (χ3v) is 2.17. The molecular formula is C9H11NO. The van der Waals surface area contributed by atoms with Crippen LogP contribution in [0.3, 0.4) is 0 Å². The Bertz CT molecular complexity index is 294. The van der Waals surface area contributed by atoms with Crippen molar-refractivity contribution < 1.29 is 5.11 Å². The van der Waals surface area contributed by atoms with E-state index in [1.165, 1.54) is 0 Å². The van der Waals surface area contributed by atoms with Gasteiger partial charge in [-0.3, -0.25) is 0 Å². The van der Waals surface area contributed by atoms with E-state index in [9.17, 15) is 5.11 Å². The van der Waals surface area contributed by atoms with Gasteiger partial charge in [0, 0.05) is 17.8 Å². The molecule has 58 valence electrons. The van der Waals surface area contributed by atoms with Gasteiger partial charge in [0.15, 0.2) is 0 Å². The topological polar surface area (TPSA) is 32.3 Å². The number of phenolic OH excluding ortho intramolecular Hbond substituents is 1. The van der Waals surface area contributed by atoms with Crippen molar-refractivity contribution in [2.24, 2.45) is 0 Å². The van der Waals surface area contributed by atoms with Gasteiger partial charge in [0.1, 0.15) is 5.75 Å². The first kappa shape index (κ1) is 6.53. The summed E-state index contributed by atoms with van der Waals surface area (Å²) in [7, 11) is 0. The summed E-state index contributed by atoms with van der Waals surface area (Å²) in [5.74, 6) is 0.465. The van der Waals surface area contributed by atoms with Crippen LogP contribution in [-0.2, 0) is 6.42 Å². The molecule has 0 aromatic heterocycles. The van der Waals surface area contributed by atoms with Crippen molar-refractivity contribution in [3.05, 3.63) is 23.3 Å². The molecule has 1 aliphatic heterocycles. The molecule has 2 N–H and O–H groups in total. The summed E-state index contributed by atoms with van der Waals surface area (Å²) in [5.41, 5.74) is 3.13. The highest BCUT2D eigenvalue weighted by atomic mass is 16.3. The van der Waals surface area contributed by atoms with Crippen LogP contribution in [0.25, 0.3) is 0 Å². The second-order valence-electron chi connectivity index (χ2n) is 2.93. The molecule has 0 spiro atoms. The van der Waals surface area contributed by atoms with Gasteiger partial charge in [0.2, 0.25) is 0 Å². The van der Waals surface area contributed by atoms with E-state index in [1.807, 2.05) is 19.1 Å². The van der Waals surface area contributed by atoms with Crippen LogP contribution in [0.1, 0.15) is 11.1 Å². The number of phenols is 1. The van der Waals surface area contributed by atoms with Crippen LogP contribution in [0, 0.1) is 6.92 Å². The highest BCUT2D eigenvalue weighted by molar-refractivity contribution is 5.62. The van der Waals surface area contributed by atoms with E-state index in [0.717, 1.165) is 29.8 Å². The minimum atomic E-state index is 0.465. The molecule has 0 unspecified atom stereocenters. The van der Waals surface area contributed by atoms with Crippen LogP contribution in [0.15, 0.2) is 12.1 Å². The van der Waals surface area contributed by atoms with Gasteiger partial charge in [0.05, 0.1) is 0 Å². The van der Waals surface area contributed by atoms with Gasteiger partial charge < -0.3 is 10.4 Å². The molecule has 2 heteroatoms. The minimum absolute atomic E-state index is 0.465. The number of fused-ring (bicyclic) bond motifs is 1. The molecule has 0 saturated carbocycles. The Hall–Kier alpha value is -1.18. The summed E-state index contributed by atoms with van der Waals surface area (Å²) < 4.78 is 0. The highest BCUT2D eigenvalue weighted by Crippen LogP contribution is 2.32. The Balaban J connectivity index is 2.62. The van der Waals surface area contributed by atoms with Crippen LogP contribution in [0.2, 0.25) is 0 Å². The summed E-state index contributed by atoms with van der Waals surface area (Å²) in [5, 5.41) is 12.8. The molecule has 2 rings (SSSR count). The molecule has 0 radical (unpaired) electrons. The molecule has 0 fully saturated rings. The Morgan fingerprint density at radius 2 is 2.27 bits per heavy atom. The monoisotopic (exact) mass is 149 g/mol. The summed E-state index contributed by atoms with van der Waals surface area (Å²) in [6.07, 6.45) is 0.947. The Morgan fingerprint density at radius 1 is 1.45 bits per heavy atom. The molecule has 11 heavy (non-hydrogen) atoms. The van der Waals surface area contributed by atoms with Gasteiger partial charge >= 0.3 is 0 Å². The van der Waals surface area contributed by atoms with Crippen molar-refractivity contribution in [3.8, 4) is 5.75 Å². The van der Waals surface area contributed by atoms with E-state index in [0.29, 0.717) is 5.75 Å². The SMILES string of the molecule is Cc1ccc2c(c1O)CCN2. The van der Waals surface area contributed by atoms with Crippen molar-refractivity contribution in [1.82, 2.24) is 0 Å². The fraction of sp³-hybridized carbons (Fsp3) is 0.333. The van der Waals surface area contributed by atoms with Crippen molar-refractivity contribution in [1.29, 1.82) is 0 Å². The van der Waals surface area contributed by atoms with E-state index in [1.54, 1.807) is 0 Å². The van der Waals surface area contributed by atoms with E-state index in [4.69, 9.17) is 0 Å². The lowest BCUT2D eigenvalue weighted by molar-refractivity contribution is 0.466. The average Bonchev–Trinajstić information content (AvgIpc) is 2.45. The fourth-order valence-corrected chi connectivity index (χ4v) is 1.49. The summed E-state index contributed by atoms with van der Waals surface area (Å²) in [6.45, 7) is 2.88. The van der Waals surface area contributed by atoms with Crippen molar-refractivity contribution in [2.75, 3.05) is 11.9 Å². The maximum absolute atomic E-state index is 9.58. The number of anilines is 1. The van der Waals surface area contributed by atoms with Gasteiger partial charge in [-0.2, -0.15) is 0 Å². The standard InChI is InChI=1S/C9H11NO/c1-6-2-3-8-7(9(6)11)4-5-10-8/h2-3,10-11H,4-5H2,1H3. The molecule has 0 atom stereocenters. The Labute approximate surface area is 65.9 Å². The lowest BCUT2D eigenvalue weighted by Crippen LogP contribution is -1.90. The average molecular weight is 149 g/mol. The van der Waals surface area contributed by atoms with Crippen LogP contribution in [0.5, 0.6) is 5.75 Å². The van der Waals surface area contributed by atoms with Crippen molar-refractivity contribution in [3.63, 3.8) is 0 Å². The van der Waals surface area contributed by atoms with E-state index in [-0.39, 0.29) is 0 Å². The molecule has 0 amide bonds. The first-order valence-corrected chi connectivity index (χ1v) is 3.84. The number of benzene rings is 1. The summed E-state index contributed by atoms with van der Waals surface area (Å²) in [4.78, 5) is 0. The predicted molar refractivity (Wildman–Crippen MR) is 45.0 cm³/mol. The number of rotatable bonds is 0. The quantitative estimate of drug-likeness (QED) is 0.588. The number of aromatic hydroxyl groups is 1. The van der Waals surface area contributed by atoms with Gasteiger partial charge in [-0.25, -0.2) is 0 Å². The molecular weight excluding hydrogens is 138 g/mol. The number of hydrogen-bond acceptors (Lipinski definition) is 2. The van der Waals surface area contributed by atoms with Crippen LogP contribution in [0.4, 0.5) is 5.69 Å². The number of aryl methyl sites for hydroxylation is 1. The van der Waals surface area contributed by atoms with Gasteiger partial charge in [-0.1, -0.05) is 6.07 Å². The third-order valence-electron chi connectivity index (χ3n) is 2.17. The van der Waals surface area contributed by atoms with Gasteiger partial charge in [-0.05, 0) is 25.0 Å². The summed E-state index contributed by atoms with van der Waals surface area (Å²) >= 11 is 0. The summed E-state index contributed by atoms with van der Waals surface area (Å²) in [6, 6.07) is 3.96. The molecule has 1 aromatic carbocycles. The molecule has 0 saturated heterocycles. The van der Waals surface area contributed by atoms with Crippen LogP contribution >= 0.6 is 0 Å². The third kappa shape index (κ3) is 0.862. The van der Waals surface area contributed by atoms with E-state index >= 15 is 0 Å². The number of nitrogens with one attached hydrogen (secondary N) is 1. The zero-order valence-electron chi connectivity index (χ0n) is 6.52. The van der Waals surface area contributed by atoms with E-state index in [2.05, 4.69) is 5.32 Å². The lowest BCUT2D eigenvalue weighted by Gasteiger charge is -2.04. The zero-order chi connectivity index (χ0) is 7.84. The molecule has 0 aliphatic carbocycles. The van der Waals surface area contributed by atoms with Gasteiger partial charge in [-0.15, -0.1) is 0 Å². The Morgan fingerprint density at radius 3 is 3.09 bits per heavy atom. The zero-order valence-corrected chi connectivity index (χ0v) is 6.52. The molecule has 1 aromatic rings. The van der Waals surface area contributed by atoms with Gasteiger partial charge in [0.25, 0.3) is 0 Å². The second-order valence-corrected chi connectivity index (χ2v) is 2.93. The molecule has 1 heterocycles. The molecule has 0 bridgehead atoms. The van der Waals surface area contributed by atoms with E-state index < -0.39 is 0 Å². The van der Waals surface area contributed by atoms with Crippen LogP contribution in [-0.4, -0.2) is 11.7 Å². The molecule has 1 aliphatic rings. The highest BCUT2D eigenvalue weighted by Gasteiger charge is 2.14. The fourth-order valence-electron chi connectivity index (χ4n) is 1.49. The Kier molecular flexibility index (Phi) is 1.28. The smallest absolute Gasteiger partial charge is 0.123 e. The van der Waals surface area contributed by atoms with Crippen LogP contribution < -0.4 is 5.32 Å². The van der Waals surface area contributed by atoms with Crippen molar-refractivity contribution in [2.45, 2.75) is 13.3 Å². The van der Waals surface area contributed by atoms with Crippen molar-refractivity contribution >= 4 is 5.69 Å². The maximum atomic E-state index is 9.58.